The van der Waals surface area contributed by atoms with E-state index in [9.17, 15) is 19.2 Å². The smallest absolute Gasteiger partial charge is 0.339 e. The number of hydrogen-bond acceptors (Lipinski definition) is 4. The molecule has 1 N–H and O–H groups in total. The number of urea groups is 1. The minimum Gasteiger partial charge on any atom is -0.347 e. The summed E-state index contributed by atoms with van der Waals surface area (Å²) in [5.41, 5.74) is 3.16. The molecule has 1 saturated heterocycles. The van der Waals surface area contributed by atoms with Crippen molar-refractivity contribution in [1.29, 1.82) is 0 Å². The van der Waals surface area contributed by atoms with Crippen LogP contribution in [-0.2, 0) is 20.8 Å². The Morgan fingerprint density at radius 3 is 2.06 bits per heavy atom. The highest BCUT2D eigenvalue weighted by Gasteiger charge is 2.46. The lowest BCUT2D eigenvalue weighted by molar-refractivity contribution is -0.140. The molecular formula is C26H23N3O4. The second kappa shape index (κ2) is 9.48. The summed E-state index contributed by atoms with van der Waals surface area (Å²) in [5, 5.41) is 2.91. The van der Waals surface area contributed by atoms with Gasteiger partial charge in [-0.3, -0.25) is 14.4 Å². The van der Waals surface area contributed by atoms with Crippen molar-refractivity contribution >= 4 is 29.4 Å². The van der Waals surface area contributed by atoms with Gasteiger partial charge in [-0.15, -0.1) is 0 Å². The van der Waals surface area contributed by atoms with Gasteiger partial charge in [0.05, 0.1) is 11.7 Å². The summed E-state index contributed by atoms with van der Waals surface area (Å²) in [6.45, 7) is 1.34. The number of hydrogen-bond donors (Lipinski definition) is 1. The van der Waals surface area contributed by atoms with Gasteiger partial charge in [0.15, 0.2) is 0 Å². The fraction of sp³-hybridized carbons (Fsp3) is 0.154. The van der Waals surface area contributed by atoms with Crippen molar-refractivity contribution in [3.8, 4) is 0 Å². The minimum absolute atomic E-state index is 0.290. The van der Waals surface area contributed by atoms with E-state index < -0.39 is 30.3 Å². The van der Waals surface area contributed by atoms with Gasteiger partial charge in [-0.25, -0.2) is 14.6 Å². The number of nitrogens with one attached hydrogen (secondary N) is 1. The van der Waals surface area contributed by atoms with Gasteiger partial charge in [-0.1, -0.05) is 78.4 Å². The molecule has 0 spiro atoms. The van der Waals surface area contributed by atoms with Crippen molar-refractivity contribution in [2.24, 2.45) is 0 Å². The standard InChI is InChI=1S/C26H23N3O4/c1-18-12-14-21(15-13-18)29-25(32)24(31)28(26(29)33)17-23(30)27-22(20-10-6-3-7-11-20)16-19-8-4-2-5-9-19/h2-15,22H,16-17H2,1H3,(H,27,30). The number of rotatable bonds is 7. The maximum Gasteiger partial charge on any atom is 0.339 e. The van der Waals surface area contributed by atoms with Gasteiger partial charge in [0, 0.05) is 0 Å². The van der Waals surface area contributed by atoms with Crippen LogP contribution in [0.25, 0.3) is 0 Å². The third-order valence-electron chi connectivity index (χ3n) is 5.47. The molecule has 4 rings (SSSR count). The molecule has 0 bridgehead atoms. The van der Waals surface area contributed by atoms with E-state index in [0.717, 1.165) is 21.6 Å². The van der Waals surface area contributed by atoms with Crippen molar-refractivity contribution in [2.75, 3.05) is 11.4 Å². The Balaban J connectivity index is 1.50. The highest BCUT2D eigenvalue weighted by Crippen LogP contribution is 2.23. The molecule has 0 saturated carbocycles. The summed E-state index contributed by atoms with van der Waals surface area (Å²) in [6.07, 6.45) is 0.535. The topological polar surface area (TPSA) is 86.8 Å². The number of carbonyl (C=O) groups is 4. The zero-order valence-corrected chi connectivity index (χ0v) is 18.1. The van der Waals surface area contributed by atoms with E-state index >= 15 is 0 Å². The third kappa shape index (κ3) is 4.82. The molecule has 1 unspecified atom stereocenters. The predicted octanol–water partition coefficient (Wildman–Crippen LogP) is 3.39. The van der Waals surface area contributed by atoms with E-state index in [4.69, 9.17) is 0 Å². The molecule has 166 valence electrons. The number of benzene rings is 3. The second-order valence-corrected chi connectivity index (χ2v) is 7.87. The molecule has 5 amide bonds. The third-order valence-corrected chi connectivity index (χ3v) is 5.47. The SMILES string of the molecule is Cc1ccc(N2C(=O)C(=O)N(CC(=O)NC(Cc3ccccc3)c3ccccc3)C2=O)cc1. The molecule has 1 aliphatic rings. The molecule has 7 heteroatoms. The first-order valence-electron chi connectivity index (χ1n) is 10.6. The molecule has 1 atom stereocenters. The number of imide groups is 2. The van der Waals surface area contributed by atoms with Crippen LogP contribution in [0.4, 0.5) is 10.5 Å². The van der Waals surface area contributed by atoms with Crippen LogP contribution in [0, 0.1) is 6.92 Å². The van der Waals surface area contributed by atoms with E-state index in [1.54, 1.807) is 24.3 Å². The molecule has 3 aromatic carbocycles. The summed E-state index contributed by atoms with van der Waals surface area (Å²) in [6, 6.07) is 24.6. The highest BCUT2D eigenvalue weighted by atomic mass is 16.2. The zero-order chi connectivity index (χ0) is 23.4. The van der Waals surface area contributed by atoms with Gasteiger partial charge in [0.2, 0.25) is 5.91 Å². The van der Waals surface area contributed by atoms with Crippen LogP contribution >= 0.6 is 0 Å². The molecule has 33 heavy (non-hydrogen) atoms. The molecule has 0 radical (unpaired) electrons. The van der Waals surface area contributed by atoms with Crippen LogP contribution in [0.2, 0.25) is 0 Å². The predicted molar refractivity (Wildman–Crippen MR) is 123 cm³/mol. The van der Waals surface area contributed by atoms with Gasteiger partial charge < -0.3 is 5.32 Å². The Morgan fingerprint density at radius 1 is 0.818 bits per heavy atom. The fourth-order valence-corrected chi connectivity index (χ4v) is 3.74. The Hall–Kier alpha value is -4.26. The first-order valence-corrected chi connectivity index (χ1v) is 10.6. The van der Waals surface area contributed by atoms with Crippen LogP contribution in [0.15, 0.2) is 84.9 Å². The van der Waals surface area contributed by atoms with Crippen molar-refractivity contribution in [1.82, 2.24) is 10.2 Å². The van der Waals surface area contributed by atoms with Crippen molar-refractivity contribution < 1.29 is 19.2 Å². The molecule has 1 fully saturated rings. The molecule has 1 aliphatic heterocycles. The minimum atomic E-state index is -1.02. The number of amides is 5. The number of anilines is 1. The van der Waals surface area contributed by atoms with E-state index in [1.807, 2.05) is 67.6 Å². The van der Waals surface area contributed by atoms with Gasteiger partial charge >= 0.3 is 17.8 Å². The monoisotopic (exact) mass is 441 g/mol. The summed E-state index contributed by atoms with van der Waals surface area (Å²) in [5.74, 6) is -2.52. The lowest BCUT2D eigenvalue weighted by Crippen LogP contribution is -2.42. The lowest BCUT2D eigenvalue weighted by atomic mass is 9.99. The maximum absolute atomic E-state index is 12.9. The van der Waals surface area contributed by atoms with Crippen LogP contribution in [0.1, 0.15) is 22.7 Å². The fourth-order valence-electron chi connectivity index (χ4n) is 3.74. The summed E-state index contributed by atoms with van der Waals surface area (Å²) in [4.78, 5) is 52.1. The van der Waals surface area contributed by atoms with E-state index in [-0.39, 0.29) is 11.7 Å². The van der Waals surface area contributed by atoms with Gasteiger partial charge in [-0.2, -0.15) is 0 Å². The lowest BCUT2D eigenvalue weighted by Gasteiger charge is -2.21. The largest absolute Gasteiger partial charge is 0.347 e. The summed E-state index contributed by atoms with van der Waals surface area (Å²) >= 11 is 0. The number of carbonyl (C=O) groups excluding carboxylic acids is 4. The molecule has 0 aromatic heterocycles. The number of nitrogens with zero attached hydrogens (tertiary/aromatic N) is 2. The zero-order valence-electron chi connectivity index (χ0n) is 18.1. The van der Waals surface area contributed by atoms with Crippen LogP contribution in [-0.4, -0.2) is 35.2 Å². The van der Waals surface area contributed by atoms with Gasteiger partial charge in [0.25, 0.3) is 0 Å². The first-order chi connectivity index (χ1) is 15.9. The highest BCUT2D eigenvalue weighted by molar-refractivity contribution is 6.53. The summed E-state index contributed by atoms with van der Waals surface area (Å²) in [7, 11) is 0. The normalized spacial score (nSPS) is 14.5. The van der Waals surface area contributed by atoms with Crippen LogP contribution in [0.5, 0.6) is 0 Å². The Labute approximate surface area is 191 Å². The Kier molecular flexibility index (Phi) is 6.31. The first kappa shape index (κ1) is 22.0. The molecule has 7 nitrogen and oxygen atoms in total. The van der Waals surface area contributed by atoms with Crippen molar-refractivity contribution in [3.63, 3.8) is 0 Å². The number of aryl methyl sites for hydroxylation is 1. The van der Waals surface area contributed by atoms with Gasteiger partial charge in [-0.05, 0) is 36.6 Å². The average Bonchev–Trinajstić information content (AvgIpc) is 3.03. The van der Waals surface area contributed by atoms with Crippen LogP contribution < -0.4 is 10.2 Å². The molecule has 0 aliphatic carbocycles. The quantitative estimate of drug-likeness (QED) is 0.450. The molecular weight excluding hydrogens is 418 g/mol. The Morgan fingerprint density at radius 2 is 1.42 bits per heavy atom. The van der Waals surface area contributed by atoms with Crippen LogP contribution in [0.3, 0.4) is 0 Å². The maximum atomic E-state index is 12.9. The van der Waals surface area contributed by atoms with E-state index in [2.05, 4.69) is 5.32 Å². The molecule has 3 aromatic rings. The van der Waals surface area contributed by atoms with E-state index in [1.165, 1.54) is 0 Å². The average molecular weight is 441 g/mol. The molecule has 1 heterocycles. The van der Waals surface area contributed by atoms with Crippen molar-refractivity contribution in [3.05, 3.63) is 102 Å². The van der Waals surface area contributed by atoms with E-state index in [0.29, 0.717) is 11.3 Å². The summed E-state index contributed by atoms with van der Waals surface area (Å²) < 4.78 is 0. The second-order valence-electron chi connectivity index (χ2n) is 7.87. The Bertz CT molecular complexity index is 1180. The van der Waals surface area contributed by atoms with Gasteiger partial charge in [0.1, 0.15) is 6.54 Å². The van der Waals surface area contributed by atoms with Crippen molar-refractivity contribution in [2.45, 2.75) is 19.4 Å².